The molecule has 0 saturated carbocycles. The molecule has 2 heterocycles. The molecule has 1 saturated heterocycles. The summed E-state index contributed by atoms with van der Waals surface area (Å²) in [6.07, 6.45) is 1.90. The predicted molar refractivity (Wildman–Crippen MR) is 116 cm³/mol. The molecule has 29 heavy (non-hydrogen) atoms. The zero-order chi connectivity index (χ0) is 20.5. The summed E-state index contributed by atoms with van der Waals surface area (Å²) >= 11 is 0. The van der Waals surface area contributed by atoms with Crippen LogP contribution in [0.3, 0.4) is 0 Å². The lowest BCUT2D eigenvalue weighted by atomic mass is 9.91. The summed E-state index contributed by atoms with van der Waals surface area (Å²) in [7, 11) is 0. The Morgan fingerprint density at radius 1 is 1.07 bits per heavy atom. The van der Waals surface area contributed by atoms with Crippen LogP contribution in [0.15, 0.2) is 42.5 Å². The fourth-order valence-electron chi connectivity index (χ4n) is 4.36. The first kappa shape index (κ1) is 19.2. The number of H-pyrrole nitrogens is 1. The van der Waals surface area contributed by atoms with Crippen LogP contribution in [0, 0.1) is 13.8 Å². The van der Waals surface area contributed by atoms with E-state index >= 15 is 0 Å². The van der Waals surface area contributed by atoms with Crippen molar-refractivity contribution in [2.24, 2.45) is 0 Å². The van der Waals surface area contributed by atoms with Crippen LogP contribution in [0.5, 0.6) is 0 Å². The zero-order valence-corrected chi connectivity index (χ0v) is 17.2. The highest BCUT2D eigenvalue weighted by Gasteiger charge is 2.27. The van der Waals surface area contributed by atoms with E-state index in [2.05, 4.69) is 42.3 Å². The van der Waals surface area contributed by atoms with Gasteiger partial charge in [0, 0.05) is 53.8 Å². The summed E-state index contributed by atoms with van der Waals surface area (Å²) in [5.74, 6) is 0.330. The molecular formula is C24H27N3O2. The molecule has 2 amide bonds. The Kier molecular flexibility index (Phi) is 5.14. The Balaban J connectivity index is 1.46. The lowest BCUT2D eigenvalue weighted by molar-refractivity contribution is -0.114. The Morgan fingerprint density at radius 2 is 1.83 bits per heavy atom. The first-order chi connectivity index (χ1) is 13.9. The third-order valence-electron chi connectivity index (χ3n) is 5.87. The number of benzene rings is 2. The maximum atomic E-state index is 12.9. The second kappa shape index (κ2) is 7.74. The molecule has 1 aliphatic heterocycles. The second-order valence-corrected chi connectivity index (χ2v) is 8.04. The normalized spacial score (nSPS) is 14.9. The molecule has 0 radical (unpaired) electrons. The number of hydrogen-bond donors (Lipinski definition) is 2. The molecule has 0 aliphatic carbocycles. The molecule has 4 rings (SSSR count). The summed E-state index contributed by atoms with van der Waals surface area (Å²) in [5, 5.41) is 4.04. The van der Waals surface area contributed by atoms with Gasteiger partial charge in [-0.3, -0.25) is 9.59 Å². The van der Waals surface area contributed by atoms with Gasteiger partial charge in [0.2, 0.25) is 5.91 Å². The van der Waals surface area contributed by atoms with Gasteiger partial charge in [-0.15, -0.1) is 0 Å². The van der Waals surface area contributed by atoms with E-state index in [1.54, 1.807) is 18.2 Å². The van der Waals surface area contributed by atoms with E-state index < -0.39 is 0 Å². The number of carbonyl (C=O) groups is 2. The van der Waals surface area contributed by atoms with E-state index in [-0.39, 0.29) is 11.8 Å². The SMILES string of the molecule is CC(=O)Nc1cccc(C(=O)N2CCC(c3[nH]c4ccc(C)cc4c3C)CC2)c1. The lowest BCUT2D eigenvalue weighted by Gasteiger charge is -2.32. The summed E-state index contributed by atoms with van der Waals surface area (Å²) < 4.78 is 0. The number of fused-ring (bicyclic) bond motifs is 1. The van der Waals surface area contributed by atoms with Crippen molar-refractivity contribution in [3.05, 3.63) is 64.8 Å². The van der Waals surface area contributed by atoms with E-state index in [0.717, 1.165) is 25.9 Å². The summed E-state index contributed by atoms with van der Waals surface area (Å²) in [4.78, 5) is 29.7. The topological polar surface area (TPSA) is 65.2 Å². The Morgan fingerprint density at radius 3 is 2.55 bits per heavy atom. The highest BCUT2D eigenvalue weighted by molar-refractivity contribution is 5.97. The molecule has 5 nitrogen and oxygen atoms in total. The van der Waals surface area contributed by atoms with Crippen molar-refractivity contribution in [3.63, 3.8) is 0 Å². The van der Waals surface area contributed by atoms with Crippen molar-refractivity contribution in [1.29, 1.82) is 0 Å². The Labute approximate surface area is 171 Å². The monoisotopic (exact) mass is 389 g/mol. The Bertz CT molecular complexity index is 1070. The average Bonchev–Trinajstić information content (AvgIpc) is 3.03. The summed E-state index contributed by atoms with van der Waals surface area (Å²) in [6.45, 7) is 7.26. The van der Waals surface area contributed by atoms with Crippen LogP contribution in [-0.4, -0.2) is 34.8 Å². The summed E-state index contributed by atoms with van der Waals surface area (Å²) in [6, 6.07) is 13.7. The van der Waals surface area contributed by atoms with Crippen LogP contribution in [0.2, 0.25) is 0 Å². The molecular weight excluding hydrogens is 362 g/mol. The van der Waals surface area contributed by atoms with E-state index in [4.69, 9.17) is 0 Å². The number of rotatable bonds is 3. The van der Waals surface area contributed by atoms with Gasteiger partial charge in [0.1, 0.15) is 0 Å². The molecule has 1 aromatic heterocycles. The van der Waals surface area contributed by atoms with Gasteiger partial charge < -0.3 is 15.2 Å². The molecule has 5 heteroatoms. The maximum Gasteiger partial charge on any atom is 0.253 e. The minimum absolute atomic E-state index is 0.0274. The van der Waals surface area contributed by atoms with Crippen molar-refractivity contribution in [3.8, 4) is 0 Å². The van der Waals surface area contributed by atoms with Gasteiger partial charge in [-0.1, -0.05) is 17.7 Å². The molecule has 2 N–H and O–H groups in total. The number of carbonyl (C=O) groups excluding carboxylic acids is 2. The first-order valence-electron chi connectivity index (χ1n) is 10.2. The number of amides is 2. The third-order valence-corrected chi connectivity index (χ3v) is 5.87. The number of aromatic amines is 1. The zero-order valence-electron chi connectivity index (χ0n) is 17.2. The maximum absolute atomic E-state index is 12.9. The molecule has 0 unspecified atom stereocenters. The van der Waals surface area contributed by atoms with Crippen LogP contribution in [0.1, 0.15) is 52.9 Å². The number of hydrogen-bond acceptors (Lipinski definition) is 2. The lowest BCUT2D eigenvalue weighted by Crippen LogP contribution is -2.38. The van der Waals surface area contributed by atoms with Crippen LogP contribution in [0.4, 0.5) is 5.69 Å². The van der Waals surface area contributed by atoms with Gasteiger partial charge in [-0.2, -0.15) is 0 Å². The van der Waals surface area contributed by atoms with Crippen LogP contribution in [-0.2, 0) is 4.79 Å². The molecule has 0 spiro atoms. The third kappa shape index (κ3) is 3.90. The van der Waals surface area contributed by atoms with Gasteiger partial charge >= 0.3 is 0 Å². The van der Waals surface area contributed by atoms with Gasteiger partial charge in [0.05, 0.1) is 0 Å². The number of nitrogens with zero attached hydrogens (tertiary/aromatic N) is 1. The number of aryl methyl sites for hydroxylation is 2. The van der Waals surface area contributed by atoms with Gasteiger partial charge in [0.15, 0.2) is 0 Å². The van der Waals surface area contributed by atoms with Crippen LogP contribution < -0.4 is 5.32 Å². The first-order valence-corrected chi connectivity index (χ1v) is 10.2. The minimum Gasteiger partial charge on any atom is -0.358 e. The molecule has 2 aromatic carbocycles. The Hall–Kier alpha value is -3.08. The molecule has 1 fully saturated rings. The van der Waals surface area contributed by atoms with Gasteiger partial charge in [-0.25, -0.2) is 0 Å². The molecule has 1 aliphatic rings. The number of anilines is 1. The van der Waals surface area contributed by atoms with Crippen molar-refractivity contribution in [2.45, 2.75) is 39.5 Å². The fraction of sp³-hybridized carbons (Fsp3) is 0.333. The molecule has 150 valence electrons. The quantitative estimate of drug-likeness (QED) is 0.678. The number of nitrogens with one attached hydrogen (secondary N) is 2. The molecule has 3 aromatic rings. The van der Waals surface area contributed by atoms with E-state index in [0.29, 0.717) is 17.2 Å². The van der Waals surface area contributed by atoms with E-state index in [1.165, 1.54) is 34.6 Å². The predicted octanol–water partition coefficient (Wildman–Crippen LogP) is 4.76. The fourth-order valence-corrected chi connectivity index (χ4v) is 4.36. The smallest absolute Gasteiger partial charge is 0.253 e. The summed E-state index contributed by atoms with van der Waals surface area (Å²) in [5.41, 5.74) is 6.38. The van der Waals surface area contributed by atoms with Crippen molar-refractivity contribution >= 4 is 28.4 Å². The molecule has 0 bridgehead atoms. The number of piperidine rings is 1. The van der Waals surface area contributed by atoms with Crippen molar-refractivity contribution in [1.82, 2.24) is 9.88 Å². The van der Waals surface area contributed by atoms with E-state index in [1.807, 2.05) is 11.0 Å². The number of likely N-dealkylation sites (tertiary alicyclic amines) is 1. The standard InChI is InChI=1S/C24H27N3O2/c1-15-7-8-22-21(13-15)16(2)23(26-22)18-9-11-27(12-10-18)24(29)19-5-4-6-20(14-19)25-17(3)28/h4-8,13-14,18,26H,9-12H2,1-3H3,(H,25,28). The van der Waals surface area contributed by atoms with Crippen LogP contribution in [0.25, 0.3) is 10.9 Å². The largest absolute Gasteiger partial charge is 0.358 e. The highest BCUT2D eigenvalue weighted by atomic mass is 16.2. The van der Waals surface area contributed by atoms with Crippen LogP contribution >= 0.6 is 0 Å². The molecule has 0 atom stereocenters. The minimum atomic E-state index is -0.140. The van der Waals surface area contributed by atoms with E-state index in [9.17, 15) is 9.59 Å². The number of aromatic nitrogens is 1. The van der Waals surface area contributed by atoms with Crippen molar-refractivity contribution < 1.29 is 9.59 Å². The van der Waals surface area contributed by atoms with Crippen molar-refractivity contribution in [2.75, 3.05) is 18.4 Å². The second-order valence-electron chi connectivity index (χ2n) is 8.04. The highest BCUT2D eigenvalue weighted by Crippen LogP contribution is 2.34. The van der Waals surface area contributed by atoms with Gasteiger partial charge in [-0.05, 0) is 62.6 Å². The van der Waals surface area contributed by atoms with Gasteiger partial charge in [0.25, 0.3) is 5.91 Å². The average molecular weight is 389 g/mol.